The Kier molecular flexibility index (Phi) is 4.64. The van der Waals surface area contributed by atoms with Gasteiger partial charge >= 0.3 is 0 Å². The van der Waals surface area contributed by atoms with Crippen LogP contribution >= 0.6 is 0 Å². The lowest BCUT2D eigenvalue weighted by atomic mass is 9.92. The first-order valence-corrected chi connectivity index (χ1v) is 8.16. The number of aliphatic hydroxyl groups excluding tert-OH is 1. The average Bonchev–Trinajstić information content (AvgIpc) is 2.89. The van der Waals surface area contributed by atoms with Gasteiger partial charge in [0, 0.05) is 13.1 Å². The maximum Gasteiger partial charge on any atom is 0.244 e. The van der Waals surface area contributed by atoms with Gasteiger partial charge < -0.3 is 10.0 Å². The molecule has 1 aromatic rings. The Morgan fingerprint density at radius 2 is 1.91 bits per heavy atom. The molecular formula is C17H22F2N2O2. The molecule has 3 rings (SSSR count). The lowest BCUT2D eigenvalue weighted by molar-refractivity contribution is -0.122. The highest BCUT2D eigenvalue weighted by Gasteiger charge is 2.40. The van der Waals surface area contributed by atoms with Crippen molar-refractivity contribution in [3.8, 4) is 0 Å². The lowest BCUT2D eigenvalue weighted by Gasteiger charge is -2.37. The predicted molar refractivity (Wildman–Crippen MR) is 83.1 cm³/mol. The maximum atomic E-state index is 13.9. The standard InChI is InChI=1S/C17H22F2N2O2/c1-11(22)12-4-3-8-20(10-12)15-7-9-21(17(15)23)16-13(18)5-2-6-14(16)19/h2,5-6,11-12,15,22H,3-4,7-10H2,1H3. The Balaban J connectivity index is 1.77. The molecule has 2 heterocycles. The van der Waals surface area contributed by atoms with Gasteiger partial charge in [-0.3, -0.25) is 9.69 Å². The van der Waals surface area contributed by atoms with Gasteiger partial charge in [-0.05, 0) is 50.8 Å². The Hall–Kier alpha value is -1.53. The van der Waals surface area contributed by atoms with Gasteiger partial charge in [-0.1, -0.05) is 6.07 Å². The van der Waals surface area contributed by atoms with Crippen molar-refractivity contribution in [2.75, 3.05) is 24.5 Å². The zero-order valence-corrected chi connectivity index (χ0v) is 13.2. The first-order chi connectivity index (χ1) is 11.0. The quantitative estimate of drug-likeness (QED) is 0.927. The van der Waals surface area contributed by atoms with Crippen LogP contribution in [0.4, 0.5) is 14.5 Å². The fourth-order valence-corrected chi connectivity index (χ4v) is 3.69. The summed E-state index contributed by atoms with van der Waals surface area (Å²) in [5.74, 6) is -1.52. The minimum Gasteiger partial charge on any atom is -0.393 e. The molecule has 1 N–H and O–H groups in total. The van der Waals surface area contributed by atoms with Crippen LogP contribution in [0.3, 0.4) is 0 Å². The third-order valence-corrected chi connectivity index (χ3v) is 5.00. The van der Waals surface area contributed by atoms with E-state index in [2.05, 4.69) is 4.90 Å². The minimum absolute atomic E-state index is 0.149. The molecule has 3 atom stereocenters. The zero-order valence-electron chi connectivity index (χ0n) is 13.2. The number of aliphatic hydroxyl groups is 1. The van der Waals surface area contributed by atoms with Crippen molar-refractivity contribution in [1.82, 2.24) is 4.90 Å². The molecular weight excluding hydrogens is 302 g/mol. The second-order valence-electron chi connectivity index (χ2n) is 6.50. The highest BCUT2D eigenvalue weighted by atomic mass is 19.1. The van der Waals surface area contributed by atoms with Crippen LogP contribution in [-0.2, 0) is 4.79 Å². The number of carbonyl (C=O) groups excluding carboxylic acids is 1. The first kappa shape index (κ1) is 16.3. The normalized spacial score (nSPS) is 27.5. The zero-order chi connectivity index (χ0) is 16.6. The monoisotopic (exact) mass is 324 g/mol. The number of likely N-dealkylation sites (tertiary alicyclic amines) is 1. The summed E-state index contributed by atoms with van der Waals surface area (Å²) in [5, 5.41) is 9.79. The van der Waals surface area contributed by atoms with E-state index in [-0.39, 0.29) is 23.6 Å². The van der Waals surface area contributed by atoms with Crippen LogP contribution in [0.15, 0.2) is 18.2 Å². The van der Waals surface area contributed by atoms with Crippen molar-refractivity contribution in [3.63, 3.8) is 0 Å². The van der Waals surface area contributed by atoms with Gasteiger partial charge in [0.1, 0.15) is 17.3 Å². The fraction of sp³-hybridized carbons (Fsp3) is 0.588. The summed E-state index contributed by atoms with van der Waals surface area (Å²) < 4.78 is 27.9. The molecule has 3 unspecified atom stereocenters. The molecule has 126 valence electrons. The third kappa shape index (κ3) is 3.10. The first-order valence-electron chi connectivity index (χ1n) is 8.16. The highest BCUT2D eigenvalue weighted by Crippen LogP contribution is 2.31. The number of hydrogen-bond acceptors (Lipinski definition) is 3. The Bertz CT molecular complexity index is 574. The van der Waals surface area contributed by atoms with Crippen LogP contribution < -0.4 is 4.90 Å². The Morgan fingerprint density at radius 3 is 2.57 bits per heavy atom. The highest BCUT2D eigenvalue weighted by molar-refractivity contribution is 5.99. The molecule has 4 nitrogen and oxygen atoms in total. The van der Waals surface area contributed by atoms with E-state index in [1.54, 1.807) is 6.92 Å². The van der Waals surface area contributed by atoms with Crippen LogP contribution in [0.2, 0.25) is 0 Å². The lowest BCUT2D eigenvalue weighted by Crippen LogP contribution is -2.48. The molecule has 0 radical (unpaired) electrons. The molecule has 23 heavy (non-hydrogen) atoms. The molecule has 2 aliphatic heterocycles. The second-order valence-corrected chi connectivity index (χ2v) is 6.50. The van der Waals surface area contributed by atoms with E-state index in [4.69, 9.17) is 0 Å². The maximum absolute atomic E-state index is 13.9. The van der Waals surface area contributed by atoms with Gasteiger partial charge in [-0.2, -0.15) is 0 Å². The number of rotatable bonds is 3. The van der Waals surface area contributed by atoms with Crippen molar-refractivity contribution in [2.24, 2.45) is 5.92 Å². The molecule has 1 aromatic carbocycles. The molecule has 2 fully saturated rings. The topological polar surface area (TPSA) is 43.8 Å². The number of amides is 1. The van der Waals surface area contributed by atoms with Gasteiger partial charge in [0.05, 0.1) is 12.1 Å². The average molecular weight is 324 g/mol. The number of anilines is 1. The van der Waals surface area contributed by atoms with Crippen molar-refractivity contribution < 1.29 is 18.7 Å². The summed E-state index contributed by atoms with van der Waals surface area (Å²) >= 11 is 0. The summed E-state index contributed by atoms with van der Waals surface area (Å²) in [4.78, 5) is 16.0. The summed E-state index contributed by atoms with van der Waals surface area (Å²) in [7, 11) is 0. The summed E-state index contributed by atoms with van der Waals surface area (Å²) in [6.45, 7) is 3.53. The van der Waals surface area contributed by atoms with Gasteiger partial charge in [0.25, 0.3) is 0 Å². The van der Waals surface area contributed by atoms with E-state index < -0.39 is 17.7 Å². The number of para-hydroxylation sites is 1. The molecule has 2 saturated heterocycles. The number of halogens is 2. The molecule has 1 amide bonds. The van der Waals surface area contributed by atoms with Gasteiger partial charge in [-0.15, -0.1) is 0 Å². The fourth-order valence-electron chi connectivity index (χ4n) is 3.69. The Labute approximate surface area is 134 Å². The molecule has 6 heteroatoms. The smallest absolute Gasteiger partial charge is 0.244 e. The van der Waals surface area contributed by atoms with Crippen LogP contribution in [0, 0.1) is 17.6 Å². The van der Waals surface area contributed by atoms with Crippen LogP contribution in [0.25, 0.3) is 0 Å². The van der Waals surface area contributed by atoms with Crippen molar-refractivity contribution >= 4 is 11.6 Å². The molecule has 0 spiro atoms. The van der Waals surface area contributed by atoms with E-state index in [9.17, 15) is 18.7 Å². The van der Waals surface area contributed by atoms with Gasteiger partial charge in [-0.25, -0.2) is 8.78 Å². The molecule has 2 aliphatic rings. The molecule has 0 saturated carbocycles. The van der Waals surface area contributed by atoms with Crippen molar-refractivity contribution in [2.45, 2.75) is 38.3 Å². The van der Waals surface area contributed by atoms with Crippen molar-refractivity contribution in [1.29, 1.82) is 0 Å². The molecule has 0 aromatic heterocycles. The summed E-state index contributed by atoms with van der Waals surface area (Å²) in [6, 6.07) is 3.28. The number of hydrogen-bond donors (Lipinski definition) is 1. The van der Waals surface area contributed by atoms with Gasteiger partial charge in [0.2, 0.25) is 5.91 Å². The van der Waals surface area contributed by atoms with E-state index in [1.807, 2.05) is 0 Å². The van der Waals surface area contributed by atoms with Crippen LogP contribution in [0.5, 0.6) is 0 Å². The van der Waals surface area contributed by atoms with Gasteiger partial charge in [0.15, 0.2) is 0 Å². The van der Waals surface area contributed by atoms with E-state index >= 15 is 0 Å². The molecule has 0 bridgehead atoms. The van der Waals surface area contributed by atoms with Crippen LogP contribution in [0.1, 0.15) is 26.2 Å². The minimum atomic E-state index is -0.709. The number of benzene rings is 1. The van der Waals surface area contributed by atoms with E-state index in [1.165, 1.54) is 23.1 Å². The summed E-state index contributed by atoms with van der Waals surface area (Å²) in [5.41, 5.74) is -0.246. The van der Waals surface area contributed by atoms with E-state index in [0.717, 1.165) is 19.4 Å². The third-order valence-electron chi connectivity index (χ3n) is 5.00. The SMILES string of the molecule is CC(O)C1CCCN(C2CCN(c3c(F)cccc3F)C2=O)C1. The second kappa shape index (κ2) is 6.53. The van der Waals surface area contributed by atoms with Crippen molar-refractivity contribution in [3.05, 3.63) is 29.8 Å². The molecule has 0 aliphatic carbocycles. The predicted octanol–water partition coefficient (Wildman–Crippen LogP) is 2.16. The number of nitrogens with zero attached hydrogens (tertiary/aromatic N) is 2. The van der Waals surface area contributed by atoms with Crippen LogP contribution in [-0.4, -0.2) is 47.7 Å². The number of piperidine rings is 1. The summed E-state index contributed by atoms with van der Waals surface area (Å²) in [6.07, 6.45) is 2.02. The largest absolute Gasteiger partial charge is 0.393 e. The Morgan fingerprint density at radius 1 is 1.22 bits per heavy atom. The van der Waals surface area contributed by atoms with E-state index in [0.29, 0.717) is 19.5 Å². The number of carbonyl (C=O) groups is 1.